The molecule has 0 spiro atoms. The van der Waals surface area contributed by atoms with E-state index in [4.69, 9.17) is 9.47 Å². The second-order valence-electron chi connectivity index (χ2n) is 5.79. The van der Waals surface area contributed by atoms with Crippen molar-refractivity contribution < 1.29 is 31.6 Å². The fourth-order valence-corrected chi connectivity index (χ4v) is 2.17. The largest absolute Gasteiger partial charge is 1.00 e. The molecule has 134 valence electrons. The highest BCUT2D eigenvalue weighted by atomic mass is 35.5. The molecule has 1 N–H and O–H groups in total. The van der Waals surface area contributed by atoms with Crippen molar-refractivity contribution in [2.45, 2.75) is 0 Å². The van der Waals surface area contributed by atoms with Gasteiger partial charge in [-0.15, -0.1) is 0 Å². The number of rotatable bonds is 7. The Bertz CT molecular complexity index is 682. The number of hydrogen-bond donors (Lipinski definition) is 1. The smallest absolute Gasteiger partial charge is 0.338 e. The molecule has 2 aromatic carbocycles. The van der Waals surface area contributed by atoms with E-state index in [1.54, 1.807) is 7.11 Å². The van der Waals surface area contributed by atoms with Gasteiger partial charge in [0.15, 0.2) is 0 Å². The van der Waals surface area contributed by atoms with Gasteiger partial charge in [0.05, 0.1) is 26.8 Å². The molecule has 25 heavy (non-hydrogen) atoms. The summed E-state index contributed by atoms with van der Waals surface area (Å²) in [7, 11) is 5.68. The third kappa shape index (κ3) is 6.61. The molecule has 0 atom stereocenters. The molecule has 0 saturated carbocycles. The summed E-state index contributed by atoms with van der Waals surface area (Å²) in [5.41, 5.74) is 2.31. The maximum Gasteiger partial charge on any atom is 0.338 e. The van der Waals surface area contributed by atoms with E-state index in [9.17, 15) is 4.79 Å². The number of hydrogen-bond acceptors (Lipinski definition) is 3. The Morgan fingerprint density at radius 1 is 1.04 bits per heavy atom. The molecule has 0 aliphatic carbocycles. The lowest BCUT2D eigenvalue weighted by atomic mass is 10.0. The van der Waals surface area contributed by atoms with Crippen LogP contribution in [0.25, 0.3) is 11.6 Å². The number of nitrogens with one attached hydrogen (secondary N) is 1. The van der Waals surface area contributed by atoms with E-state index in [1.165, 1.54) is 4.90 Å². The van der Waals surface area contributed by atoms with Crippen LogP contribution >= 0.6 is 0 Å². The van der Waals surface area contributed by atoms with Gasteiger partial charge in [-0.05, 0) is 29.3 Å². The molecule has 0 bridgehead atoms. The second-order valence-corrected chi connectivity index (χ2v) is 5.79. The van der Waals surface area contributed by atoms with Crippen molar-refractivity contribution in [1.82, 2.24) is 0 Å². The highest BCUT2D eigenvalue weighted by Gasteiger charge is 2.14. The van der Waals surface area contributed by atoms with Crippen LogP contribution in [-0.4, -0.2) is 40.3 Å². The first-order valence-electron chi connectivity index (χ1n) is 7.97. The third-order valence-corrected chi connectivity index (χ3v) is 3.57. The van der Waals surface area contributed by atoms with Gasteiger partial charge in [0.1, 0.15) is 18.9 Å². The SMILES string of the molecule is COc1ccc(/C=C(\C(=O)OCC[NH+](C)C)c2ccccc2)cc1.[Cl-]. The Kier molecular flexibility index (Phi) is 8.75. The Labute approximate surface area is 155 Å². The normalized spacial score (nSPS) is 11.0. The van der Waals surface area contributed by atoms with E-state index in [-0.39, 0.29) is 18.4 Å². The summed E-state index contributed by atoms with van der Waals surface area (Å²) < 4.78 is 10.6. The minimum absolute atomic E-state index is 0. The quantitative estimate of drug-likeness (QED) is 0.388. The van der Waals surface area contributed by atoms with Crippen molar-refractivity contribution >= 4 is 17.6 Å². The molecule has 5 heteroatoms. The number of halogens is 1. The average Bonchev–Trinajstić information content (AvgIpc) is 2.60. The van der Waals surface area contributed by atoms with Crippen LogP contribution in [-0.2, 0) is 9.53 Å². The maximum absolute atomic E-state index is 12.5. The van der Waals surface area contributed by atoms with Gasteiger partial charge in [-0.2, -0.15) is 0 Å². The van der Waals surface area contributed by atoms with Crippen molar-refractivity contribution in [2.24, 2.45) is 0 Å². The molecule has 0 aliphatic heterocycles. The van der Waals surface area contributed by atoms with Gasteiger partial charge in [0.25, 0.3) is 0 Å². The molecule has 0 saturated heterocycles. The Morgan fingerprint density at radius 3 is 2.24 bits per heavy atom. The number of methoxy groups -OCH3 is 1. The van der Waals surface area contributed by atoms with Gasteiger partial charge in [0, 0.05) is 0 Å². The summed E-state index contributed by atoms with van der Waals surface area (Å²) in [6.45, 7) is 1.17. The van der Waals surface area contributed by atoms with E-state index in [0.717, 1.165) is 23.4 Å². The molecule has 0 radical (unpaired) electrons. The molecule has 0 unspecified atom stereocenters. The lowest BCUT2D eigenvalue weighted by Gasteiger charge is -2.11. The standard InChI is InChI=1S/C20H23NO3.ClH/c1-21(2)13-14-24-20(22)19(17-7-5-4-6-8-17)15-16-9-11-18(23-3)12-10-16;/h4-12,15H,13-14H2,1-3H3;1H/b19-15-;. The third-order valence-electron chi connectivity index (χ3n) is 3.57. The number of carbonyl (C=O) groups is 1. The van der Waals surface area contributed by atoms with Crippen LogP contribution in [0.5, 0.6) is 5.75 Å². The van der Waals surface area contributed by atoms with Gasteiger partial charge >= 0.3 is 5.97 Å². The van der Waals surface area contributed by atoms with E-state index < -0.39 is 0 Å². The fraction of sp³-hybridized carbons (Fsp3) is 0.250. The number of esters is 1. The zero-order valence-corrected chi connectivity index (χ0v) is 15.5. The van der Waals surface area contributed by atoms with Crippen LogP contribution in [0.1, 0.15) is 11.1 Å². The number of benzene rings is 2. The summed E-state index contributed by atoms with van der Waals surface area (Å²) in [6, 6.07) is 17.1. The highest BCUT2D eigenvalue weighted by molar-refractivity contribution is 6.21. The Hall–Kier alpha value is -2.30. The minimum Gasteiger partial charge on any atom is -1.00 e. The molecular weight excluding hydrogens is 338 g/mol. The van der Waals surface area contributed by atoms with Crippen LogP contribution < -0.4 is 22.0 Å². The predicted molar refractivity (Wildman–Crippen MR) is 95.9 cm³/mol. The second kappa shape index (κ2) is 10.5. The topological polar surface area (TPSA) is 40.0 Å². The maximum atomic E-state index is 12.5. The first-order valence-corrected chi connectivity index (χ1v) is 7.97. The van der Waals surface area contributed by atoms with Gasteiger partial charge < -0.3 is 26.8 Å². The van der Waals surface area contributed by atoms with Crippen molar-refractivity contribution in [3.05, 3.63) is 65.7 Å². The van der Waals surface area contributed by atoms with Gasteiger partial charge in [0.2, 0.25) is 0 Å². The lowest BCUT2D eigenvalue weighted by Crippen LogP contribution is -3.06. The molecular formula is C20H24ClNO3. The van der Waals surface area contributed by atoms with Gasteiger partial charge in [-0.1, -0.05) is 42.5 Å². The molecule has 0 aromatic heterocycles. The summed E-state index contributed by atoms with van der Waals surface area (Å²) >= 11 is 0. The number of carbonyl (C=O) groups excluding carboxylic acids is 1. The van der Waals surface area contributed by atoms with Crippen molar-refractivity contribution in [3.8, 4) is 5.75 Å². The molecule has 2 aromatic rings. The van der Waals surface area contributed by atoms with Crippen LogP contribution in [0, 0.1) is 0 Å². The molecule has 0 fully saturated rings. The summed E-state index contributed by atoms with van der Waals surface area (Å²) in [5.74, 6) is 0.475. The van der Waals surface area contributed by atoms with Crippen LogP contribution in [0.2, 0.25) is 0 Å². The van der Waals surface area contributed by atoms with E-state index in [0.29, 0.717) is 12.2 Å². The van der Waals surface area contributed by atoms with Crippen molar-refractivity contribution in [2.75, 3.05) is 34.4 Å². The van der Waals surface area contributed by atoms with Crippen molar-refractivity contribution in [3.63, 3.8) is 0 Å². The summed E-state index contributed by atoms with van der Waals surface area (Å²) in [6.07, 6.45) is 1.85. The number of likely N-dealkylation sites (N-methyl/N-ethyl adjacent to an activating group) is 1. The van der Waals surface area contributed by atoms with E-state index in [1.807, 2.05) is 74.8 Å². The van der Waals surface area contributed by atoms with Gasteiger partial charge in [-0.25, -0.2) is 4.79 Å². The fourth-order valence-electron chi connectivity index (χ4n) is 2.17. The molecule has 2 rings (SSSR count). The van der Waals surface area contributed by atoms with E-state index in [2.05, 4.69) is 0 Å². The minimum atomic E-state index is -0.307. The summed E-state index contributed by atoms with van der Waals surface area (Å²) in [5, 5.41) is 0. The Balaban J connectivity index is 0.00000312. The Morgan fingerprint density at radius 2 is 1.68 bits per heavy atom. The monoisotopic (exact) mass is 361 g/mol. The first-order chi connectivity index (χ1) is 11.6. The number of quaternary nitrogens is 1. The summed E-state index contributed by atoms with van der Waals surface area (Å²) in [4.78, 5) is 13.8. The number of ether oxygens (including phenoxy) is 2. The van der Waals surface area contributed by atoms with Gasteiger partial charge in [-0.3, -0.25) is 0 Å². The zero-order chi connectivity index (χ0) is 17.4. The molecule has 0 aliphatic rings. The predicted octanol–water partition coefficient (Wildman–Crippen LogP) is -1.07. The van der Waals surface area contributed by atoms with Crippen molar-refractivity contribution in [1.29, 1.82) is 0 Å². The molecule has 0 amide bonds. The highest BCUT2D eigenvalue weighted by Crippen LogP contribution is 2.21. The molecule has 0 heterocycles. The molecule has 4 nitrogen and oxygen atoms in total. The average molecular weight is 362 g/mol. The van der Waals surface area contributed by atoms with E-state index >= 15 is 0 Å². The lowest BCUT2D eigenvalue weighted by molar-refractivity contribution is -0.858. The van der Waals surface area contributed by atoms with Crippen LogP contribution in [0.15, 0.2) is 54.6 Å². The first kappa shape index (κ1) is 20.7. The van der Waals surface area contributed by atoms with Crippen LogP contribution in [0.4, 0.5) is 0 Å². The van der Waals surface area contributed by atoms with Crippen LogP contribution in [0.3, 0.4) is 0 Å². The zero-order valence-electron chi connectivity index (χ0n) is 14.8.